The highest BCUT2D eigenvalue weighted by molar-refractivity contribution is 7.08. The molecule has 2 aromatic rings. The fraction of sp³-hybridized carbons (Fsp3) is 0.267. The van der Waals surface area contributed by atoms with Gasteiger partial charge in [-0.2, -0.15) is 11.3 Å². The number of amides is 1. The molecule has 0 aliphatic carbocycles. The molecule has 2 rings (SSSR count). The Morgan fingerprint density at radius 2 is 2.20 bits per heavy atom. The third-order valence-corrected chi connectivity index (χ3v) is 3.72. The predicted octanol–water partition coefficient (Wildman–Crippen LogP) is 2.83. The second kappa shape index (κ2) is 5.73. The van der Waals surface area contributed by atoms with Crippen LogP contribution >= 0.6 is 11.3 Å². The molecule has 5 heteroatoms. The summed E-state index contributed by atoms with van der Waals surface area (Å²) in [6.45, 7) is 3.42. The van der Waals surface area contributed by atoms with E-state index in [4.69, 9.17) is 0 Å². The van der Waals surface area contributed by atoms with E-state index in [9.17, 15) is 14.3 Å². The van der Waals surface area contributed by atoms with Gasteiger partial charge in [0.1, 0.15) is 11.4 Å². The van der Waals surface area contributed by atoms with Crippen LogP contribution in [0.1, 0.15) is 28.4 Å². The van der Waals surface area contributed by atoms with Crippen LogP contribution in [0.25, 0.3) is 0 Å². The summed E-state index contributed by atoms with van der Waals surface area (Å²) in [5.41, 5.74) is 0.541. The highest BCUT2D eigenvalue weighted by Crippen LogP contribution is 2.22. The number of hydrogen-bond donors (Lipinski definition) is 2. The maximum absolute atomic E-state index is 13.3. The van der Waals surface area contributed by atoms with Crippen molar-refractivity contribution in [3.63, 3.8) is 0 Å². The first-order valence-electron chi connectivity index (χ1n) is 6.19. The normalized spacial score (nSPS) is 13.8. The van der Waals surface area contributed by atoms with Crippen LogP contribution in [0, 0.1) is 12.7 Å². The van der Waals surface area contributed by atoms with Crippen molar-refractivity contribution in [1.82, 2.24) is 5.32 Å². The van der Waals surface area contributed by atoms with Crippen molar-refractivity contribution < 1.29 is 14.3 Å². The molecular formula is C15H16FNO2S. The maximum atomic E-state index is 13.3. The highest BCUT2D eigenvalue weighted by atomic mass is 32.1. The fourth-order valence-corrected chi connectivity index (χ4v) is 2.68. The number of thiophene rings is 1. The molecule has 0 bridgehead atoms. The predicted molar refractivity (Wildman–Crippen MR) is 77.4 cm³/mol. The summed E-state index contributed by atoms with van der Waals surface area (Å²) < 4.78 is 13.3. The van der Waals surface area contributed by atoms with Crippen molar-refractivity contribution in [1.29, 1.82) is 0 Å². The molecule has 0 saturated carbocycles. The molecule has 0 spiro atoms. The molecule has 20 heavy (non-hydrogen) atoms. The average Bonchev–Trinajstić information content (AvgIpc) is 2.89. The maximum Gasteiger partial charge on any atom is 0.251 e. The zero-order valence-electron chi connectivity index (χ0n) is 11.3. The van der Waals surface area contributed by atoms with Gasteiger partial charge in [-0.15, -0.1) is 0 Å². The van der Waals surface area contributed by atoms with Crippen molar-refractivity contribution >= 4 is 17.2 Å². The van der Waals surface area contributed by atoms with Gasteiger partial charge in [0.05, 0.1) is 6.54 Å². The number of carbonyl (C=O) groups is 1. The summed E-state index contributed by atoms with van der Waals surface area (Å²) in [4.78, 5) is 12.0. The van der Waals surface area contributed by atoms with Crippen LogP contribution in [-0.2, 0) is 5.60 Å². The lowest BCUT2D eigenvalue weighted by Gasteiger charge is -2.22. The Labute approximate surface area is 121 Å². The second-order valence-electron chi connectivity index (χ2n) is 4.99. The lowest BCUT2D eigenvalue weighted by Crippen LogP contribution is -2.38. The summed E-state index contributed by atoms with van der Waals surface area (Å²) in [6.07, 6.45) is 0. The number of hydrogen-bond acceptors (Lipinski definition) is 3. The molecule has 0 aliphatic heterocycles. The molecule has 2 N–H and O–H groups in total. The first kappa shape index (κ1) is 14.7. The lowest BCUT2D eigenvalue weighted by atomic mass is 9.99. The van der Waals surface area contributed by atoms with Crippen LogP contribution in [-0.4, -0.2) is 17.6 Å². The van der Waals surface area contributed by atoms with Gasteiger partial charge in [0.2, 0.25) is 0 Å². The lowest BCUT2D eigenvalue weighted by molar-refractivity contribution is 0.0530. The van der Waals surface area contributed by atoms with Gasteiger partial charge in [0.15, 0.2) is 0 Å². The SMILES string of the molecule is Cc1cc(F)cc(C(=O)NCC(C)(O)c2ccsc2)c1. The van der Waals surface area contributed by atoms with Crippen LogP contribution in [0.15, 0.2) is 35.0 Å². The molecule has 0 aliphatic rings. The first-order valence-corrected chi connectivity index (χ1v) is 7.13. The monoisotopic (exact) mass is 293 g/mol. The van der Waals surface area contributed by atoms with Crippen LogP contribution in [0.4, 0.5) is 4.39 Å². The minimum absolute atomic E-state index is 0.0676. The molecule has 0 saturated heterocycles. The van der Waals surface area contributed by atoms with E-state index >= 15 is 0 Å². The van der Waals surface area contributed by atoms with Crippen molar-refractivity contribution in [3.05, 3.63) is 57.5 Å². The van der Waals surface area contributed by atoms with E-state index in [1.807, 2.05) is 16.8 Å². The molecule has 1 unspecified atom stereocenters. The molecule has 1 atom stereocenters. The number of carbonyl (C=O) groups excluding carboxylic acids is 1. The van der Waals surface area contributed by atoms with Gasteiger partial charge >= 0.3 is 0 Å². The summed E-state index contributed by atoms with van der Waals surface area (Å²) in [7, 11) is 0. The summed E-state index contributed by atoms with van der Waals surface area (Å²) in [5, 5.41) is 16.6. The Balaban J connectivity index is 2.05. The van der Waals surface area contributed by atoms with E-state index in [-0.39, 0.29) is 12.1 Å². The smallest absolute Gasteiger partial charge is 0.251 e. The highest BCUT2D eigenvalue weighted by Gasteiger charge is 2.24. The third kappa shape index (κ3) is 3.43. The van der Waals surface area contributed by atoms with Crippen LogP contribution in [0.3, 0.4) is 0 Å². The Hall–Kier alpha value is -1.72. The summed E-state index contributed by atoms with van der Waals surface area (Å²) >= 11 is 1.48. The minimum atomic E-state index is -1.14. The number of halogens is 1. The number of aliphatic hydroxyl groups is 1. The Morgan fingerprint density at radius 1 is 1.45 bits per heavy atom. The number of benzene rings is 1. The fourth-order valence-electron chi connectivity index (χ4n) is 1.89. The van der Waals surface area contributed by atoms with Gasteiger partial charge in [0.25, 0.3) is 5.91 Å². The molecular weight excluding hydrogens is 277 g/mol. The van der Waals surface area contributed by atoms with Gasteiger partial charge in [-0.3, -0.25) is 4.79 Å². The van der Waals surface area contributed by atoms with E-state index in [0.29, 0.717) is 5.56 Å². The largest absolute Gasteiger partial charge is 0.384 e. The zero-order chi connectivity index (χ0) is 14.8. The van der Waals surface area contributed by atoms with E-state index < -0.39 is 17.3 Å². The second-order valence-corrected chi connectivity index (χ2v) is 5.77. The van der Waals surface area contributed by atoms with Crippen molar-refractivity contribution in [2.75, 3.05) is 6.54 Å². The zero-order valence-corrected chi connectivity index (χ0v) is 12.1. The molecule has 1 aromatic carbocycles. The Kier molecular flexibility index (Phi) is 4.20. The summed E-state index contributed by atoms with van der Waals surface area (Å²) in [5.74, 6) is -0.845. The van der Waals surface area contributed by atoms with Crippen LogP contribution in [0.5, 0.6) is 0 Å². The third-order valence-electron chi connectivity index (χ3n) is 3.04. The molecule has 0 radical (unpaired) electrons. The van der Waals surface area contributed by atoms with Crippen LogP contribution in [0.2, 0.25) is 0 Å². The standard InChI is InChI=1S/C15H16FNO2S/c1-10-5-11(7-13(16)6-10)14(18)17-9-15(2,19)12-3-4-20-8-12/h3-8,19H,9H2,1-2H3,(H,17,18). The molecule has 106 valence electrons. The Morgan fingerprint density at radius 3 is 2.80 bits per heavy atom. The topological polar surface area (TPSA) is 49.3 Å². The van der Waals surface area contributed by atoms with Crippen molar-refractivity contribution in [3.8, 4) is 0 Å². The van der Waals surface area contributed by atoms with Gasteiger partial charge in [-0.1, -0.05) is 0 Å². The van der Waals surface area contributed by atoms with Gasteiger partial charge in [-0.25, -0.2) is 4.39 Å². The molecule has 1 amide bonds. The molecule has 3 nitrogen and oxygen atoms in total. The number of aryl methyl sites for hydroxylation is 1. The molecule has 1 heterocycles. The number of rotatable bonds is 4. The van der Waals surface area contributed by atoms with Crippen molar-refractivity contribution in [2.45, 2.75) is 19.4 Å². The van der Waals surface area contributed by atoms with E-state index in [2.05, 4.69) is 5.32 Å². The summed E-state index contributed by atoms with van der Waals surface area (Å²) in [6, 6.07) is 5.96. The van der Waals surface area contributed by atoms with E-state index in [0.717, 1.165) is 5.56 Å². The molecule has 1 aromatic heterocycles. The molecule has 0 fully saturated rings. The van der Waals surface area contributed by atoms with Gasteiger partial charge in [0, 0.05) is 5.56 Å². The van der Waals surface area contributed by atoms with Crippen molar-refractivity contribution in [2.24, 2.45) is 0 Å². The van der Waals surface area contributed by atoms with Crippen LogP contribution < -0.4 is 5.32 Å². The van der Waals surface area contributed by atoms with Gasteiger partial charge in [-0.05, 0) is 60.0 Å². The Bertz CT molecular complexity index is 588. The average molecular weight is 293 g/mol. The van der Waals surface area contributed by atoms with E-state index in [1.165, 1.54) is 23.5 Å². The first-order chi connectivity index (χ1) is 9.38. The quantitative estimate of drug-likeness (QED) is 0.910. The minimum Gasteiger partial charge on any atom is -0.384 e. The van der Waals surface area contributed by atoms with E-state index in [1.54, 1.807) is 19.9 Å². The van der Waals surface area contributed by atoms with Gasteiger partial charge < -0.3 is 10.4 Å². The number of nitrogens with one attached hydrogen (secondary N) is 1.